The largest absolute Gasteiger partial charge is 0.325 e. The van der Waals surface area contributed by atoms with Crippen LogP contribution in [0.4, 0.5) is 10.1 Å². The number of anilines is 1. The lowest BCUT2D eigenvalue weighted by atomic mass is 10.2. The Morgan fingerprint density at radius 1 is 1.23 bits per heavy atom. The summed E-state index contributed by atoms with van der Waals surface area (Å²) in [7, 11) is -1.58. The molecule has 0 aliphatic carbocycles. The molecule has 3 nitrogen and oxygen atoms in total. The van der Waals surface area contributed by atoms with Crippen molar-refractivity contribution in [3.63, 3.8) is 0 Å². The maximum atomic E-state index is 13.7. The highest BCUT2D eigenvalue weighted by Crippen LogP contribution is 2.21. The van der Waals surface area contributed by atoms with E-state index in [1.165, 1.54) is 18.2 Å². The molecule has 0 aliphatic heterocycles. The molecule has 0 saturated heterocycles. The number of amides is 1. The van der Waals surface area contributed by atoms with Crippen LogP contribution in [0.25, 0.3) is 0 Å². The molecule has 0 radical (unpaired) electrons. The van der Waals surface area contributed by atoms with Crippen LogP contribution in [0.3, 0.4) is 0 Å². The summed E-state index contributed by atoms with van der Waals surface area (Å²) < 4.78 is 26.0. The van der Waals surface area contributed by atoms with Crippen molar-refractivity contribution < 1.29 is 13.4 Å². The number of halogens is 2. The summed E-state index contributed by atoms with van der Waals surface area (Å²) in [5.41, 5.74) is 0.794. The number of carbonyl (C=O) groups is 1. The third-order valence-electron chi connectivity index (χ3n) is 3.15. The van der Waals surface area contributed by atoms with Gasteiger partial charge < -0.3 is 5.32 Å². The second-order valence-electron chi connectivity index (χ2n) is 4.72. The predicted molar refractivity (Wildman–Crippen MR) is 87.8 cm³/mol. The molecule has 1 amide bonds. The monoisotopic (exact) mass is 339 g/mol. The number of hydrogen-bond donors (Lipinski definition) is 1. The van der Waals surface area contributed by atoms with Gasteiger partial charge in [-0.05, 0) is 31.2 Å². The third-order valence-corrected chi connectivity index (χ3v) is 5.08. The van der Waals surface area contributed by atoms with Gasteiger partial charge in [0.05, 0.1) is 5.75 Å². The van der Waals surface area contributed by atoms with Gasteiger partial charge in [-0.15, -0.1) is 0 Å². The Morgan fingerprint density at radius 3 is 2.55 bits per heavy atom. The van der Waals surface area contributed by atoms with Crippen molar-refractivity contribution in [1.82, 2.24) is 0 Å². The van der Waals surface area contributed by atoms with E-state index in [2.05, 4.69) is 5.32 Å². The minimum atomic E-state index is -1.58. The Hall–Kier alpha value is -1.72. The lowest BCUT2D eigenvalue weighted by molar-refractivity contribution is -0.115. The highest BCUT2D eigenvalue weighted by atomic mass is 35.5. The number of hydrogen-bond acceptors (Lipinski definition) is 2. The summed E-state index contributed by atoms with van der Waals surface area (Å²) in [4.78, 5) is 12.1. The fourth-order valence-corrected chi connectivity index (χ4v) is 3.26. The summed E-state index contributed by atoms with van der Waals surface area (Å²) in [6, 6.07) is 13.2. The fraction of sp³-hybridized carbons (Fsp3) is 0.188. The average Bonchev–Trinajstić information content (AvgIpc) is 2.51. The molecule has 0 bridgehead atoms. The molecule has 1 N–H and O–H groups in total. The van der Waals surface area contributed by atoms with Crippen LogP contribution in [0.2, 0.25) is 5.02 Å². The fourth-order valence-electron chi connectivity index (χ4n) is 1.82. The van der Waals surface area contributed by atoms with Crippen molar-refractivity contribution in [2.75, 3.05) is 5.32 Å². The smallest absolute Gasteiger partial charge is 0.239 e. The zero-order valence-electron chi connectivity index (χ0n) is 11.9. The van der Waals surface area contributed by atoms with Crippen LogP contribution in [0.15, 0.2) is 48.5 Å². The number of para-hydroxylation sites is 1. The minimum absolute atomic E-state index is 0.102. The first-order chi connectivity index (χ1) is 10.5. The summed E-state index contributed by atoms with van der Waals surface area (Å²) in [6.45, 7) is 1.54. The van der Waals surface area contributed by atoms with Crippen molar-refractivity contribution >= 4 is 34.0 Å². The van der Waals surface area contributed by atoms with E-state index in [1.54, 1.807) is 31.2 Å². The first kappa shape index (κ1) is 16.6. The van der Waals surface area contributed by atoms with E-state index in [9.17, 15) is 13.4 Å². The number of nitrogens with one attached hydrogen (secondary N) is 1. The molecule has 0 fully saturated rings. The molecule has 2 rings (SSSR count). The molecule has 0 heterocycles. The second kappa shape index (κ2) is 7.51. The Balaban J connectivity index is 2.04. The Bertz CT molecular complexity index is 674. The molecule has 0 unspecified atom stereocenters. The maximum Gasteiger partial charge on any atom is 0.239 e. The standard InChI is InChI=1S/C16H15ClFNO2S/c1-11(16(20)19-12-6-3-2-4-7-12)22(21)10-13-14(17)8-5-9-15(13)18/h2-9,11H,10H2,1H3,(H,19,20)/t11-,22+/m1/s1. The van der Waals surface area contributed by atoms with Gasteiger partial charge >= 0.3 is 0 Å². The van der Waals surface area contributed by atoms with E-state index in [1.807, 2.05) is 6.07 Å². The Morgan fingerprint density at radius 2 is 1.91 bits per heavy atom. The molecule has 116 valence electrons. The second-order valence-corrected chi connectivity index (χ2v) is 6.89. The molecular formula is C16H15ClFNO2S. The van der Waals surface area contributed by atoms with Crippen LogP contribution in [-0.4, -0.2) is 15.4 Å². The quantitative estimate of drug-likeness (QED) is 0.901. The van der Waals surface area contributed by atoms with Crippen LogP contribution in [0.1, 0.15) is 12.5 Å². The molecule has 0 aliphatic rings. The molecule has 6 heteroatoms. The van der Waals surface area contributed by atoms with Crippen molar-refractivity contribution in [2.24, 2.45) is 0 Å². The van der Waals surface area contributed by atoms with Crippen molar-refractivity contribution in [2.45, 2.75) is 17.9 Å². The topological polar surface area (TPSA) is 46.2 Å². The van der Waals surface area contributed by atoms with Gasteiger partial charge in [-0.2, -0.15) is 0 Å². The van der Waals surface area contributed by atoms with E-state index in [4.69, 9.17) is 11.6 Å². The van der Waals surface area contributed by atoms with Gasteiger partial charge in [0.1, 0.15) is 11.1 Å². The highest BCUT2D eigenvalue weighted by molar-refractivity contribution is 7.85. The van der Waals surface area contributed by atoms with Gasteiger partial charge in [0.2, 0.25) is 5.91 Å². The SMILES string of the molecule is C[C@H](C(=O)Nc1ccccc1)[S@@](=O)Cc1c(F)cccc1Cl. The van der Waals surface area contributed by atoms with Crippen molar-refractivity contribution in [1.29, 1.82) is 0 Å². The zero-order chi connectivity index (χ0) is 16.1. The van der Waals surface area contributed by atoms with Gasteiger partial charge in [0.15, 0.2) is 0 Å². The van der Waals surface area contributed by atoms with Crippen LogP contribution in [-0.2, 0) is 21.3 Å². The summed E-state index contributed by atoms with van der Waals surface area (Å²) in [5.74, 6) is -0.997. The van der Waals surface area contributed by atoms with Crippen LogP contribution in [0.5, 0.6) is 0 Å². The first-order valence-corrected chi connectivity index (χ1v) is 8.41. The van der Waals surface area contributed by atoms with Gasteiger partial charge in [-0.3, -0.25) is 9.00 Å². The molecule has 0 spiro atoms. The molecule has 22 heavy (non-hydrogen) atoms. The Kier molecular flexibility index (Phi) is 5.69. The number of rotatable bonds is 5. The van der Waals surface area contributed by atoms with Gasteiger partial charge in [-0.25, -0.2) is 4.39 Å². The Labute approximate surface area is 136 Å². The lowest BCUT2D eigenvalue weighted by Crippen LogP contribution is -2.29. The third kappa shape index (κ3) is 4.15. The number of carbonyl (C=O) groups excluding carboxylic acids is 1. The van der Waals surface area contributed by atoms with Gasteiger partial charge in [-0.1, -0.05) is 35.9 Å². The van der Waals surface area contributed by atoms with E-state index >= 15 is 0 Å². The minimum Gasteiger partial charge on any atom is -0.325 e. The van der Waals surface area contributed by atoms with Crippen molar-refractivity contribution in [3.05, 3.63) is 64.9 Å². The normalized spacial score (nSPS) is 13.4. The zero-order valence-corrected chi connectivity index (χ0v) is 13.5. The molecule has 2 aromatic carbocycles. The summed E-state index contributed by atoms with van der Waals surface area (Å²) in [6.07, 6.45) is 0. The van der Waals surface area contributed by atoms with Crippen LogP contribution < -0.4 is 5.32 Å². The summed E-state index contributed by atoms with van der Waals surface area (Å²) >= 11 is 5.91. The maximum absolute atomic E-state index is 13.7. The summed E-state index contributed by atoms with van der Waals surface area (Å²) in [5, 5.41) is 2.11. The van der Waals surface area contributed by atoms with E-state index in [-0.39, 0.29) is 22.2 Å². The van der Waals surface area contributed by atoms with Crippen LogP contribution in [0, 0.1) is 5.82 Å². The molecule has 0 aromatic heterocycles. The number of benzene rings is 2. The average molecular weight is 340 g/mol. The van der Waals surface area contributed by atoms with Crippen LogP contribution >= 0.6 is 11.6 Å². The molecule has 2 atom stereocenters. The highest BCUT2D eigenvalue weighted by Gasteiger charge is 2.22. The van der Waals surface area contributed by atoms with Crippen molar-refractivity contribution in [3.8, 4) is 0 Å². The van der Waals surface area contributed by atoms with Gasteiger partial charge in [0.25, 0.3) is 0 Å². The lowest BCUT2D eigenvalue weighted by Gasteiger charge is -2.13. The van der Waals surface area contributed by atoms with Gasteiger partial charge in [0, 0.05) is 27.1 Å². The predicted octanol–water partition coefficient (Wildman–Crippen LogP) is 3.76. The molecule has 0 saturated carbocycles. The van der Waals surface area contributed by atoms with E-state index in [0.717, 1.165) is 0 Å². The molecule has 2 aromatic rings. The first-order valence-electron chi connectivity index (χ1n) is 6.65. The van der Waals surface area contributed by atoms with E-state index < -0.39 is 21.9 Å². The molecular weight excluding hydrogens is 325 g/mol. The van der Waals surface area contributed by atoms with E-state index in [0.29, 0.717) is 5.69 Å².